The fourth-order valence-electron chi connectivity index (χ4n) is 1.16. The van der Waals surface area contributed by atoms with E-state index >= 15 is 0 Å². The van der Waals surface area contributed by atoms with Crippen molar-refractivity contribution in [1.29, 1.82) is 0 Å². The third kappa shape index (κ3) is 2.55. The van der Waals surface area contributed by atoms with Crippen molar-refractivity contribution in [1.82, 2.24) is 4.98 Å². The summed E-state index contributed by atoms with van der Waals surface area (Å²) in [5, 5.41) is 2.23. The molecule has 0 aromatic carbocycles. The molecule has 0 saturated carbocycles. The maximum atomic E-state index is 4.42. The molecule has 1 aromatic heterocycles. The second-order valence-electron chi connectivity index (χ2n) is 2.91. The summed E-state index contributed by atoms with van der Waals surface area (Å²) in [6.07, 6.45) is 8.14. The van der Waals surface area contributed by atoms with Crippen molar-refractivity contribution < 1.29 is 0 Å². The van der Waals surface area contributed by atoms with Crippen molar-refractivity contribution >= 4 is 12.2 Å². The molecule has 0 atom stereocenters. The maximum Gasteiger partial charge on any atom is 0.0662 e. The summed E-state index contributed by atoms with van der Waals surface area (Å²) in [6.45, 7) is 6.02. The number of hydrogen-bond acceptors (Lipinski definition) is 1. The van der Waals surface area contributed by atoms with Gasteiger partial charge in [-0.05, 0) is 32.1 Å². The average molecular weight is 173 g/mol. The molecule has 0 amide bonds. The van der Waals surface area contributed by atoms with Crippen LogP contribution in [0, 0.1) is 6.92 Å². The minimum Gasteiger partial charge on any atom is -0.253 e. The lowest BCUT2D eigenvalue weighted by Crippen LogP contribution is -2.27. The van der Waals surface area contributed by atoms with E-state index in [1.54, 1.807) is 0 Å². The maximum absolute atomic E-state index is 4.42. The SMILES string of the molecule is CC=CC=c1ccc(C)nc1=CC. The van der Waals surface area contributed by atoms with Gasteiger partial charge in [-0.25, -0.2) is 0 Å². The summed E-state index contributed by atoms with van der Waals surface area (Å²) in [6, 6.07) is 4.12. The lowest BCUT2D eigenvalue weighted by atomic mass is 10.2. The fraction of sp³-hybridized carbons (Fsp3) is 0.250. The van der Waals surface area contributed by atoms with Gasteiger partial charge in [-0.3, -0.25) is 4.98 Å². The highest BCUT2D eigenvalue weighted by atomic mass is 14.7. The molecule has 0 aliphatic rings. The Hall–Kier alpha value is -1.37. The van der Waals surface area contributed by atoms with E-state index < -0.39 is 0 Å². The topological polar surface area (TPSA) is 12.9 Å². The molecule has 0 aliphatic carbocycles. The van der Waals surface area contributed by atoms with Crippen LogP contribution < -0.4 is 10.6 Å². The van der Waals surface area contributed by atoms with Crippen LogP contribution in [0.3, 0.4) is 0 Å². The lowest BCUT2D eigenvalue weighted by Gasteiger charge is -1.91. The van der Waals surface area contributed by atoms with E-state index in [4.69, 9.17) is 0 Å². The molecule has 0 radical (unpaired) electrons. The third-order valence-electron chi connectivity index (χ3n) is 1.84. The molecule has 0 N–H and O–H groups in total. The van der Waals surface area contributed by atoms with E-state index in [0.29, 0.717) is 0 Å². The van der Waals surface area contributed by atoms with E-state index in [1.165, 1.54) is 5.22 Å². The molecule has 1 aromatic rings. The molecule has 0 unspecified atom stereocenters. The van der Waals surface area contributed by atoms with Gasteiger partial charge in [0.1, 0.15) is 0 Å². The van der Waals surface area contributed by atoms with Gasteiger partial charge in [0.25, 0.3) is 0 Å². The Labute approximate surface area is 79.1 Å². The first-order chi connectivity index (χ1) is 6.27. The zero-order chi connectivity index (χ0) is 9.68. The highest BCUT2D eigenvalue weighted by Gasteiger charge is 1.85. The van der Waals surface area contributed by atoms with Crippen LogP contribution in [0.1, 0.15) is 19.5 Å². The number of aryl methyl sites for hydroxylation is 1. The quantitative estimate of drug-likeness (QED) is 0.628. The first kappa shape index (κ1) is 9.72. The van der Waals surface area contributed by atoms with Crippen molar-refractivity contribution in [2.75, 3.05) is 0 Å². The van der Waals surface area contributed by atoms with Crippen LogP contribution >= 0.6 is 0 Å². The molecular weight excluding hydrogens is 158 g/mol. The summed E-state index contributed by atoms with van der Waals surface area (Å²) in [5.74, 6) is 0. The van der Waals surface area contributed by atoms with Crippen LogP contribution in [0.15, 0.2) is 24.3 Å². The minimum atomic E-state index is 1.05. The zero-order valence-electron chi connectivity index (χ0n) is 8.41. The Bertz CT molecular complexity index is 413. The number of pyridine rings is 1. The van der Waals surface area contributed by atoms with E-state index in [2.05, 4.69) is 17.1 Å². The van der Waals surface area contributed by atoms with Gasteiger partial charge in [0.05, 0.1) is 5.35 Å². The Morgan fingerprint density at radius 1 is 1.23 bits per heavy atom. The van der Waals surface area contributed by atoms with Gasteiger partial charge in [0.15, 0.2) is 0 Å². The smallest absolute Gasteiger partial charge is 0.0662 e. The molecule has 1 heterocycles. The molecular formula is C12H15N. The number of rotatable bonds is 1. The van der Waals surface area contributed by atoms with Crippen molar-refractivity contribution in [3.05, 3.63) is 40.5 Å². The summed E-state index contributed by atoms with van der Waals surface area (Å²) < 4.78 is 0. The largest absolute Gasteiger partial charge is 0.253 e. The molecule has 0 fully saturated rings. The molecule has 0 bridgehead atoms. The van der Waals surface area contributed by atoms with Crippen LogP contribution in [-0.2, 0) is 0 Å². The van der Waals surface area contributed by atoms with Crippen LogP contribution in [0.2, 0.25) is 0 Å². The Morgan fingerprint density at radius 2 is 2.00 bits per heavy atom. The molecule has 0 spiro atoms. The monoisotopic (exact) mass is 173 g/mol. The van der Waals surface area contributed by atoms with Gasteiger partial charge < -0.3 is 0 Å². The Kier molecular flexibility index (Phi) is 3.44. The normalized spacial score (nSPS) is 14.4. The van der Waals surface area contributed by atoms with Crippen molar-refractivity contribution in [3.63, 3.8) is 0 Å². The molecule has 13 heavy (non-hydrogen) atoms. The lowest BCUT2D eigenvalue weighted by molar-refractivity contribution is 1.13. The van der Waals surface area contributed by atoms with Gasteiger partial charge >= 0.3 is 0 Å². The standard InChI is InChI=1S/C12H15N/c1-4-6-7-11-9-8-10(3)13-12(11)5-2/h4-9H,1-3H3. The van der Waals surface area contributed by atoms with Crippen molar-refractivity contribution in [2.45, 2.75) is 20.8 Å². The predicted molar refractivity (Wildman–Crippen MR) is 57.6 cm³/mol. The molecule has 0 aliphatic heterocycles. The van der Waals surface area contributed by atoms with E-state index in [9.17, 15) is 0 Å². The fourth-order valence-corrected chi connectivity index (χ4v) is 1.16. The Balaban J connectivity index is 3.39. The van der Waals surface area contributed by atoms with Gasteiger partial charge in [0.2, 0.25) is 0 Å². The summed E-state index contributed by atoms with van der Waals surface area (Å²) in [7, 11) is 0. The van der Waals surface area contributed by atoms with Gasteiger partial charge in [-0.1, -0.05) is 30.4 Å². The second-order valence-corrected chi connectivity index (χ2v) is 2.91. The number of hydrogen-bond donors (Lipinski definition) is 0. The predicted octanol–water partition coefficient (Wildman–Crippen LogP) is 1.55. The zero-order valence-corrected chi connectivity index (χ0v) is 8.41. The van der Waals surface area contributed by atoms with Gasteiger partial charge in [0, 0.05) is 5.69 Å². The van der Waals surface area contributed by atoms with Crippen LogP contribution in [0.4, 0.5) is 0 Å². The molecule has 1 heteroatoms. The van der Waals surface area contributed by atoms with E-state index in [1.807, 2.05) is 45.1 Å². The second kappa shape index (κ2) is 4.61. The third-order valence-corrected chi connectivity index (χ3v) is 1.84. The van der Waals surface area contributed by atoms with Crippen LogP contribution in [0.25, 0.3) is 12.2 Å². The van der Waals surface area contributed by atoms with Gasteiger partial charge in [-0.2, -0.15) is 0 Å². The molecule has 68 valence electrons. The Morgan fingerprint density at radius 3 is 2.62 bits per heavy atom. The molecule has 1 rings (SSSR count). The summed E-state index contributed by atoms with van der Waals surface area (Å²) >= 11 is 0. The average Bonchev–Trinajstić information content (AvgIpc) is 2.16. The van der Waals surface area contributed by atoms with Crippen LogP contribution in [0.5, 0.6) is 0 Å². The number of allylic oxidation sites excluding steroid dienone is 2. The first-order valence-corrected chi connectivity index (χ1v) is 4.51. The first-order valence-electron chi connectivity index (χ1n) is 4.51. The van der Waals surface area contributed by atoms with Crippen LogP contribution in [-0.4, -0.2) is 4.98 Å². The van der Waals surface area contributed by atoms with Crippen molar-refractivity contribution in [3.8, 4) is 0 Å². The molecule has 1 nitrogen and oxygen atoms in total. The highest BCUT2D eigenvalue weighted by molar-refractivity contribution is 5.37. The summed E-state index contributed by atoms with van der Waals surface area (Å²) in [5.41, 5.74) is 1.06. The summed E-state index contributed by atoms with van der Waals surface area (Å²) in [4.78, 5) is 4.42. The number of aromatic nitrogens is 1. The number of nitrogens with zero attached hydrogens (tertiary/aromatic N) is 1. The minimum absolute atomic E-state index is 1.05. The highest BCUT2D eigenvalue weighted by Crippen LogP contribution is 1.81. The van der Waals surface area contributed by atoms with Crippen molar-refractivity contribution in [2.24, 2.45) is 0 Å². The van der Waals surface area contributed by atoms with E-state index in [0.717, 1.165) is 11.0 Å². The molecule has 0 saturated heterocycles. The van der Waals surface area contributed by atoms with E-state index in [-0.39, 0.29) is 0 Å². The van der Waals surface area contributed by atoms with Gasteiger partial charge in [-0.15, -0.1) is 0 Å².